The molecule has 2 N–H and O–H groups in total. The SMILES string of the molecule is CCN(CC)S(=O)(=O)N1CC(O)C[C@H]1C(=O)O. The summed E-state index contributed by atoms with van der Waals surface area (Å²) in [6, 6.07) is -1.17. The molecular formula is C9H18N2O5S. The van der Waals surface area contributed by atoms with E-state index in [9.17, 15) is 18.3 Å². The Hall–Kier alpha value is -0.700. The van der Waals surface area contributed by atoms with Crippen LogP contribution >= 0.6 is 0 Å². The second-order valence-corrected chi connectivity index (χ2v) is 5.79. The van der Waals surface area contributed by atoms with E-state index < -0.39 is 28.3 Å². The lowest BCUT2D eigenvalue weighted by Crippen LogP contribution is -2.48. The van der Waals surface area contributed by atoms with E-state index in [0.29, 0.717) is 0 Å². The Balaban J connectivity index is 3.01. The number of rotatable bonds is 5. The van der Waals surface area contributed by atoms with Gasteiger partial charge >= 0.3 is 5.97 Å². The van der Waals surface area contributed by atoms with Crippen molar-refractivity contribution in [2.24, 2.45) is 0 Å². The minimum Gasteiger partial charge on any atom is -0.480 e. The lowest BCUT2D eigenvalue weighted by atomic mass is 10.2. The van der Waals surface area contributed by atoms with Crippen molar-refractivity contribution in [2.75, 3.05) is 19.6 Å². The minimum atomic E-state index is -3.80. The van der Waals surface area contributed by atoms with Gasteiger partial charge in [0.05, 0.1) is 6.10 Å². The topological polar surface area (TPSA) is 98.2 Å². The first-order valence-electron chi connectivity index (χ1n) is 5.52. The average molecular weight is 266 g/mol. The van der Waals surface area contributed by atoms with E-state index in [2.05, 4.69) is 0 Å². The summed E-state index contributed by atoms with van der Waals surface area (Å²) in [5, 5.41) is 18.4. The van der Waals surface area contributed by atoms with Gasteiger partial charge in [-0.2, -0.15) is 17.0 Å². The van der Waals surface area contributed by atoms with Crippen LogP contribution in [0.2, 0.25) is 0 Å². The molecule has 1 aliphatic rings. The first-order chi connectivity index (χ1) is 7.84. The van der Waals surface area contributed by atoms with Crippen molar-refractivity contribution in [1.29, 1.82) is 0 Å². The van der Waals surface area contributed by atoms with Gasteiger partial charge in [-0.25, -0.2) is 0 Å². The van der Waals surface area contributed by atoms with Crippen LogP contribution in [0.15, 0.2) is 0 Å². The number of nitrogens with zero attached hydrogens (tertiary/aromatic N) is 2. The van der Waals surface area contributed by atoms with Crippen LogP contribution in [0.5, 0.6) is 0 Å². The molecule has 1 saturated heterocycles. The van der Waals surface area contributed by atoms with E-state index >= 15 is 0 Å². The second kappa shape index (κ2) is 5.30. The van der Waals surface area contributed by atoms with Crippen molar-refractivity contribution in [2.45, 2.75) is 32.4 Å². The summed E-state index contributed by atoms with van der Waals surface area (Å²) < 4.78 is 26.3. The summed E-state index contributed by atoms with van der Waals surface area (Å²) in [4.78, 5) is 11.0. The smallest absolute Gasteiger partial charge is 0.322 e. The van der Waals surface area contributed by atoms with Crippen LogP contribution in [-0.2, 0) is 15.0 Å². The number of hydrogen-bond acceptors (Lipinski definition) is 4. The molecule has 7 nitrogen and oxygen atoms in total. The highest BCUT2D eigenvalue weighted by Crippen LogP contribution is 2.23. The number of carbonyl (C=O) groups is 1. The summed E-state index contributed by atoms with van der Waals surface area (Å²) in [6.45, 7) is 3.76. The van der Waals surface area contributed by atoms with Crippen molar-refractivity contribution >= 4 is 16.2 Å². The normalized spacial score (nSPS) is 26.6. The predicted molar refractivity (Wildman–Crippen MR) is 60.6 cm³/mol. The zero-order chi connectivity index (χ0) is 13.2. The molecule has 0 bridgehead atoms. The fourth-order valence-corrected chi connectivity index (χ4v) is 3.77. The second-order valence-electron chi connectivity index (χ2n) is 3.91. The molecule has 2 atom stereocenters. The highest BCUT2D eigenvalue weighted by molar-refractivity contribution is 7.86. The number of β-amino-alcohol motifs (C(OH)–C–C–N with tert-alkyl or cyclic N) is 1. The minimum absolute atomic E-state index is 0.0597. The Bertz CT molecular complexity index is 379. The number of carboxylic acids is 1. The molecule has 1 fully saturated rings. The van der Waals surface area contributed by atoms with Gasteiger partial charge in [0.1, 0.15) is 6.04 Å². The maximum atomic E-state index is 12.1. The van der Waals surface area contributed by atoms with Crippen molar-refractivity contribution in [1.82, 2.24) is 8.61 Å². The van der Waals surface area contributed by atoms with E-state index in [0.717, 1.165) is 4.31 Å². The van der Waals surface area contributed by atoms with Crippen molar-refractivity contribution < 1.29 is 23.4 Å². The van der Waals surface area contributed by atoms with Crippen molar-refractivity contribution in [3.05, 3.63) is 0 Å². The number of carboxylic acid groups (broad SMARTS) is 1. The molecule has 0 saturated carbocycles. The number of aliphatic carboxylic acids is 1. The summed E-state index contributed by atoms with van der Waals surface area (Å²) in [6.07, 6.45) is -0.975. The van der Waals surface area contributed by atoms with Crippen LogP contribution in [-0.4, -0.2) is 65.0 Å². The van der Waals surface area contributed by atoms with Gasteiger partial charge in [-0.15, -0.1) is 0 Å². The molecule has 17 heavy (non-hydrogen) atoms. The maximum absolute atomic E-state index is 12.1. The summed E-state index contributed by atoms with van der Waals surface area (Å²) in [5.41, 5.74) is 0. The van der Waals surface area contributed by atoms with Gasteiger partial charge in [-0.05, 0) is 0 Å². The van der Waals surface area contributed by atoms with Crippen LogP contribution < -0.4 is 0 Å². The van der Waals surface area contributed by atoms with Crippen LogP contribution in [0.3, 0.4) is 0 Å². The fraction of sp³-hybridized carbons (Fsp3) is 0.889. The zero-order valence-electron chi connectivity index (χ0n) is 9.90. The largest absolute Gasteiger partial charge is 0.480 e. The van der Waals surface area contributed by atoms with Crippen LogP contribution in [0.25, 0.3) is 0 Å². The predicted octanol–water partition coefficient (Wildman–Crippen LogP) is -0.907. The van der Waals surface area contributed by atoms with Crippen molar-refractivity contribution in [3.8, 4) is 0 Å². The highest BCUT2D eigenvalue weighted by Gasteiger charge is 2.44. The summed E-state index contributed by atoms with van der Waals surface area (Å²) in [7, 11) is -3.80. The third-order valence-corrected chi connectivity index (χ3v) is 5.01. The third kappa shape index (κ3) is 2.76. The van der Waals surface area contributed by atoms with E-state index in [1.165, 1.54) is 4.31 Å². The maximum Gasteiger partial charge on any atom is 0.322 e. The van der Waals surface area contributed by atoms with Gasteiger partial charge in [-0.3, -0.25) is 4.79 Å². The molecule has 1 aliphatic heterocycles. The summed E-state index contributed by atoms with van der Waals surface area (Å²) >= 11 is 0. The van der Waals surface area contributed by atoms with Gasteiger partial charge in [0, 0.05) is 26.1 Å². The van der Waals surface area contributed by atoms with Gasteiger partial charge in [0.25, 0.3) is 10.2 Å². The average Bonchev–Trinajstić information content (AvgIpc) is 2.62. The Morgan fingerprint density at radius 3 is 2.35 bits per heavy atom. The zero-order valence-corrected chi connectivity index (χ0v) is 10.7. The molecule has 1 rings (SSSR count). The molecule has 0 aromatic rings. The Labute approximate surface area is 101 Å². The molecule has 0 amide bonds. The van der Waals surface area contributed by atoms with Crippen LogP contribution in [0, 0.1) is 0 Å². The lowest BCUT2D eigenvalue weighted by Gasteiger charge is -2.27. The third-order valence-electron chi connectivity index (χ3n) is 2.85. The molecule has 1 heterocycles. The Kier molecular flexibility index (Phi) is 4.48. The van der Waals surface area contributed by atoms with E-state index in [1.807, 2.05) is 0 Å². The molecule has 0 radical (unpaired) electrons. The standard InChI is InChI=1S/C9H18N2O5S/c1-3-10(4-2)17(15,16)11-6-7(12)5-8(11)9(13)14/h7-8,12H,3-6H2,1-2H3,(H,13,14)/t7?,8-/m0/s1. The van der Waals surface area contributed by atoms with Gasteiger partial charge < -0.3 is 10.2 Å². The lowest BCUT2D eigenvalue weighted by molar-refractivity contribution is -0.140. The van der Waals surface area contributed by atoms with E-state index in [4.69, 9.17) is 5.11 Å². The van der Waals surface area contributed by atoms with Crippen molar-refractivity contribution in [3.63, 3.8) is 0 Å². The van der Waals surface area contributed by atoms with Gasteiger partial charge in [-0.1, -0.05) is 13.8 Å². The number of aliphatic hydroxyl groups is 1. The van der Waals surface area contributed by atoms with Crippen LogP contribution in [0.4, 0.5) is 0 Å². The fourth-order valence-electron chi connectivity index (χ4n) is 1.96. The quantitative estimate of drug-likeness (QED) is 0.671. The highest BCUT2D eigenvalue weighted by atomic mass is 32.2. The molecule has 0 aromatic carbocycles. The molecule has 100 valence electrons. The Morgan fingerprint density at radius 2 is 1.94 bits per heavy atom. The van der Waals surface area contributed by atoms with Crippen LogP contribution in [0.1, 0.15) is 20.3 Å². The van der Waals surface area contributed by atoms with Gasteiger partial charge in [0.15, 0.2) is 0 Å². The molecule has 0 aromatic heterocycles. The van der Waals surface area contributed by atoms with E-state index in [1.54, 1.807) is 13.8 Å². The molecule has 0 aliphatic carbocycles. The number of aliphatic hydroxyl groups excluding tert-OH is 1. The molecular weight excluding hydrogens is 248 g/mol. The van der Waals surface area contributed by atoms with Gasteiger partial charge in [0.2, 0.25) is 0 Å². The first kappa shape index (κ1) is 14.4. The molecule has 8 heteroatoms. The molecule has 0 spiro atoms. The first-order valence-corrected chi connectivity index (χ1v) is 6.92. The number of hydrogen-bond donors (Lipinski definition) is 2. The summed E-state index contributed by atoms with van der Waals surface area (Å²) in [5.74, 6) is -1.22. The molecule has 1 unspecified atom stereocenters. The van der Waals surface area contributed by atoms with E-state index in [-0.39, 0.29) is 26.1 Å². The Morgan fingerprint density at radius 1 is 1.41 bits per heavy atom. The monoisotopic (exact) mass is 266 g/mol.